The number of carbonyl (C=O) groups excluding carboxylic acids is 3. The Balaban J connectivity index is 1.40. The van der Waals surface area contributed by atoms with E-state index < -0.39 is 23.2 Å². The van der Waals surface area contributed by atoms with Crippen LogP contribution in [0, 0.1) is 0 Å². The summed E-state index contributed by atoms with van der Waals surface area (Å²) >= 11 is 0. The van der Waals surface area contributed by atoms with E-state index in [1.165, 1.54) is 4.57 Å². The SMILES string of the molecule is Cn1c(=O)n(C2CCC(=O)NC2=O)c2cccc(C3COC4(C3)CN(C(=O)OC(C)(C)C)C4)c21. The third-order valence-electron chi connectivity index (χ3n) is 6.91. The van der Waals surface area contributed by atoms with E-state index in [1.54, 1.807) is 16.5 Å². The first kappa shape index (κ1) is 22.6. The van der Waals surface area contributed by atoms with Gasteiger partial charge in [-0.15, -0.1) is 0 Å². The van der Waals surface area contributed by atoms with Crippen LogP contribution in [-0.4, -0.2) is 62.8 Å². The molecule has 1 aromatic heterocycles. The summed E-state index contributed by atoms with van der Waals surface area (Å²) in [6.45, 7) is 6.96. The van der Waals surface area contributed by atoms with Gasteiger partial charge in [0.15, 0.2) is 0 Å². The smallest absolute Gasteiger partial charge is 0.410 e. The summed E-state index contributed by atoms with van der Waals surface area (Å²) < 4.78 is 14.7. The number of imidazole rings is 1. The molecule has 0 radical (unpaired) electrons. The number of ether oxygens (including phenoxy) is 2. The molecule has 1 N–H and O–H groups in total. The Morgan fingerprint density at radius 3 is 2.62 bits per heavy atom. The maximum absolute atomic E-state index is 13.2. The molecule has 3 aliphatic rings. The zero-order chi connectivity index (χ0) is 24.4. The standard InChI is InChI=1S/C24H30N4O6/c1-23(2,3)34-22(32)27-12-24(13-27)10-14(11-33-24)15-6-5-7-16-19(15)26(4)21(31)28(16)17-8-9-18(29)25-20(17)30/h5-7,14,17H,8-13H2,1-4H3,(H,25,29,30). The fourth-order valence-electron chi connectivity index (χ4n) is 5.40. The van der Waals surface area contributed by atoms with E-state index in [9.17, 15) is 19.2 Å². The molecule has 3 saturated heterocycles. The fourth-order valence-corrected chi connectivity index (χ4v) is 5.40. The second-order valence-electron chi connectivity index (χ2n) is 10.6. The average molecular weight is 471 g/mol. The van der Waals surface area contributed by atoms with Crippen molar-refractivity contribution in [3.8, 4) is 0 Å². The largest absolute Gasteiger partial charge is 0.444 e. The van der Waals surface area contributed by atoms with Gasteiger partial charge in [-0.1, -0.05) is 12.1 Å². The zero-order valence-corrected chi connectivity index (χ0v) is 19.9. The number of amides is 3. The minimum absolute atomic E-state index is 0.0488. The summed E-state index contributed by atoms with van der Waals surface area (Å²) in [4.78, 5) is 51.3. The Bertz CT molecular complexity index is 1250. The van der Waals surface area contributed by atoms with Gasteiger partial charge in [-0.2, -0.15) is 0 Å². The first-order valence-corrected chi connectivity index (χ1v) is 11.6. The molecule has 3 fully saturated rings. The van der Waals surface area contributed by atoms with Gasteiger partial charge in [0.1, 0.15) is 17.2 Å². The van der Waals surface area contributed by atoms with Crippen LogP contribution in [0.4, 0.5) is 4.79 Å². The molecule has 0 bridgehead atoms. The van der Waals surface area contributed by atoms with Gasteiger partial charge in [-0.25, -0.2) is 9.59 Å². The molecule has 2 aromatic rings. The second kappa shape index (κ2) is 7.69. The number of imide groups is 1. The Morgan fingerprint density at radius 2 is 1.94 bits per heavy atom. The van der Waals surface area contributed by atoms with Gasteiger partial charge in [0.05, 0.1) is 30.7 Å². The van der Waals surface area contributed by atoms with Crippen LogP contribution < -0.4 is 11.0 Å². The molecule has 0 aliphatic carbocycles. The molecule has 1 aromatic carbocycles. The number of hydrogen-bond acceptors (Lipinski definition) is 6. The van der Waals surface area contributed by atoms with Gasteiger partial charge >= 0.3 is 11.8 Å². The molecule has 3 aliphatic heterocycles. The molecular weight excluding hydrogens is 440 g/mol. The first-order valence-electron chi connectivity index (χ1n) is 11.6. The highest BCUT2D eigenvalue weighted by Crippen LogP contribution is 2.44. The quantitative estimate of drug-likeness (QED) is 0.670. The van der Waals surface area contributed by atoms with Crippen molar-refractivity contribution in [1.82, 2.24) is 19.4 Å². The number of likely N-dealkylation sites (tertiary alicyclic amines) is 1. The van der Waals surface area contributed by atoms with Crippen molar-refractivity contribution in [1.29, 1.82) is 0 Å². The summed E-state index contributed by atoms with van der Waals surface area (Å²) in [6, 6.07) is 5.00. The minimum Gasteiger partial charge on any atom is -0.444 e. The second-order valence-corrected chi connectivity index (χ2v) is 10.6. The molecule has 5 rings (SSSR count). The van der Waals surface area contributed by atoms with E-state index in [4.69, 9.17) is 9.47 Å². The third kappa shape index (κ3) is 3.70. The van der Waals surface area contributed by atoms with E-state index in [1.807, 2.05) is 39.0 Å². The van der Waals surface area contributed by atoms with Crippen LogP contribution in [0.15, 0.2) is 23.0 Å². The molecular formula is C24H30N4O6. The predicted molar refractivity (Wildman–Crippen MR) is 122 cm³/mol. The lowest BCUT2D eigenvalue weighted by Crippen LogP contribution is -2.63. The van der Waals surface area contributed by atoms with Gasteiger partial charge in [-0.3, -0.25) is 24.0 Å². The van der Waals surface area contributed by atoms with E-state index in [0.29, 0.717) is 31.6 Å². The van der Waals surface area contributed by atoms with Gasteiger partial charge in [0, 0.05) is 19.4 Å². The number of nitrogens with one attached hydrogen (secondary N) is 1. The van der Waals surface area contributed by atoms with Crippen molar-refractivity contribution >= 4 is 28.9 Å². The Labute approximate surface area is 196 Å². The van der Waals surface area contributed by atoms with Crippen LogP contribution in [0.5, 0.6) is 0 Å². The molecule has 2 atom stereocenters. The van der Waals surface area contributed by atoms with Crippen molar-refractivity contribution in [2.24, 2.45) is 7.05 Å². The van der Waals surface area contributed by atoms with Crippen molar-refractivity contribution in [3.05, 3.63) is 34.2 Å². The number of piperidine rings is 1. The summed E-state index contributed by atoms with van der Waals surface area (Å²) in [5, 5.41) is 2.34. The van der Waals surface area contributed by atoms with Crippen LogP contribution in [0.2, 0.25) is 0 Å². The number of fused-ring (bicyclic) bond motifs is 1. The number of aryl methyl sites for hydroxylation is 1. The molecule has 182 valence electrons. The van der Waals surface area contributed by atoms with Gasteiger partial charge in [0.25, 0.3) is 0 Å². The summed E-state index contributed by atoms with van der Waals surface area (Å²) in [6.07, 6.45) is 0.885. The number of aromatic nitrogens is 2. The molecule has 10 heteroatoms. The summed E-state index contributed by atoms with van der Waals surface area (Å²) in [5.74, 6) is -0.714. The van der Waals surface area contributed by atoms with E-state index >= 15 is 0 Å². The molecule has 4 heterocycles. The maximum Gasteiger partial charge on any atom is 0.410 e. The van der Waals surface area contributed by atoms with Crippen molar-refractivity contribution < 1.29 is 23.9 Å². The monoisotopic (exact) mass is 470 g/mol. The normalized spacial score (nSPS) is 24.4. The Hall–Kier alpha value is -3.14. The molecule has 3 amide bonds. The fraction of sp³-hybridized carbons (Fsp3) is 0.583. The summed E-state index contributed by atoms with van der Waals surface area (Å²) in [5.41, 5.74) is 1.18. The van der Waals surface area contributed by atoms with Gasteiger partial charge in [-0.05, 0) is 45.2 Å². The average Bonchev–Trinajstić information content (AvgIpc) is 3.27. The zero-order valence-electron chi connectivity index (χ0n) is 19.9. The predicted octanol–water partition coefficient (Wildman–Crippen LogP) is 1.81. The lowest BCUT2D eigenvalue weighted by atomic mass is 9.84. The number of benzene rings is 1. The van der Waals surface area contributed by atoms with Crippen LogP contribution in [-0.2, 0) is 26.1 Å². The highest BCUT2D eigenvalue weighted by atomic mass is 16.6. The molecule has 0 saturated carbocycles. The lowest BCUT2D eigenvalue weighted by Gasteiger charge is -2.47. The maximum atomic E-state index is 13.2. The Morgan fingerprint density at radius 1 is 1.21 bits per heavy atom. The van der Waals surface area contributed by atoms with Gasteiger partial charge in [0.2, 0.25) is 11.8 Å². The van der Waals surface area contributed by atoms with E-state index in [-0.39, 0.29) is 30.0 Å². The van der Waals surface area contributed by atoms with Crippen molar-refractivity contribution in [2.45, 2.75) is 63.2 Å². The van der Waals surface area contributed by atoms with Crippen LogP contribution >= 0.6 is 0 Å². The molecule has 2 unspecified atom stereocenters. The van der Waals surface area contributed by atoms with Crippen LogP contribution in [0.1, 0.15) is 57.6 Å². The lowest BCUT2D eigenvalue weighted by molar-refractivity contribution is -0.135. The highest BCUT2D eigenvalue weighted by molar-refractivity contribution is 6.00. The molecule has 1 spiro atoms. The van der Waals surface area contributed by atoms with Crippen molar-refractivity contribution in [2.75, 3.05) is 19.7 Å². The molecule has 10 nitrogen and oxygen atoms in total. The van der Waals surface area contributed by atoms with Crippen molar-refractivity contribution in [3.63, 3.8) is 0 Å². The first-order chi connectivity index (χ1) is 16.0. The number of para-hydroxylation sites is 1. The van der Waals surface area contributed by atoms with Crippen LogP contribution in [0.3, 0.4) is 0 Å². The van der Waals surface area contributed by atoms with Crippen LogP contribution in [0.25, 0.3) is 11.0 Å². The van der Waals surface area contributed by atoms with Gasteiger partial charge < -0.3 is 14.4 Å². The third-order valence-corrected chi connectivity index (χ3v) is 6.91. The van der Waals surface area contributed by atoms with E-state index in [2.05, 4.69) is 5.32 Å². The number of hydrogen-bond donors (Lipinski definition) is 1. The summed E-state index contributed by atoms with van der Waals surface area (Å²) in [7, 11) is 1.70. The van der Waals surface area contributed by atoms with E-state index in [0.717, 1.165) is 17.5 Å². The number of carbonyl (C=O) groups is 3. The minimum atomic E-state index is -0.718. The Kier molecular flexibility index (Phi) is 5.12. The number of nitrogens with zero attached hydrogens (tertiary/aromatic N) is 3. The number of rotatable bonds is 2. The molecule has 34 heavy (non-hydrogen) atoms. The highest BCUT2D eigenvalue weighted by Gasteiger charge is 2.52. The topological polar surface area (TPSA) is 112 Å².